The summed E-state index contributed by atoms with van der Waals surface area (Å²) in [5, 5.41) is 0. The van der Waals surface area contributed by atoms with Crippen LogP contribution in [-0.2, 0) is 14.8 Å². The number of sulfonamides is 1. The molecule has 1 aliphatic heterocycles. The molecule has 0 saturated carbocycles. The molecule has 0 aromatic carbocycles. The van der Waals surface area contributed by atoms with Gasteiger partial charge in [-0.05, 0) is 13.0 Å². The lowest BCUT2D eigenvalue weighted by Crippen LogP contribution is -2.51. The molecular formula is C10H21N3O3S. The molecule has 1 saturated heterocycles. The Bertz CT molecular complexity index is 361. The molecule has 1 unspecified atom stereocenters. The van der Waals surface area contributed by atoms with Crippen molar-refractivity contribution in [3.63, 3.8) is 0 Å². The van der Waals surface area contributed by atoms with Crippen molar-refractivity contribution in [1.29, 1.82) is 0 Å². The lowest BCUT2D eigenvalue weighted by atomic mass is 10.1. The number of carbonyl (C=O) groups excluding carboxylic acids is 1. The van der Waals surface area contributed by atoms with Crippen molar-refractivity contribution in [3.05, 3.63) is 0 Å². The molecule has 6 nitrogen and oxygen atoms in total. The molecule has 1 atom stereocenters. The number of nitrogens with zero attached hydrogens (tertiary/aromatic N) is 2. The van der Waals surface area contributed by atoms with Crippen molar-refractivity contribution in [3.8, 4) is 0 Å². The van der Waals surface area contributed by atoms with Crippen molar-refractivity contribution in [2.75, 3.05) is 39.0 Å². The van der Waals surface area contributed by atoms with Gasteiger partial charge in [0, 0.05) is 32.1 Å². The highest BCUT2D eigenvalue weighted by atomic mass is 32.2. The number of amides is 1. The quantitative estimate of drug-likeness (QED) is 0.710. The molecular weight excluding hydrogens is 242 g/mol. The number of hydrogen-bond donors (Lipinski definition) is 1. The maximum absolute atomic E-state index is 11.9. The molecule has 2 N–H and O–H groups in total. The van der Waals surface area contributed by atoms with E-state index in [1.807, 2.05) is 6.92 Å². The van der Waals surface area contributed by atoms with E-state index in [0.29, 0.717) is 39.1 Å². The smallest absolute Gasteiger partial charge is 0.225 e. The minimum atomic E-state index is -3.13. The van der Waals surface area contributed by atoms with Crippen molar-refractivity contribution in [1.82, 2.24) is 9.21 Å². The van der Waals surface area contributed by atoms with E-state index in [0.717, 1.165) is 0 Å². The van der Waals surface area contributed by atoms with E-state index >= 15 is 0 Å². The Kier molecular flexibility index (Phi) is 4.91. The molecule has 1 rings (SSSR count). The van der Waals surface area contributed by atoms with E-state index in [-0.39, 0.29) is 11.8 Å². The monoisotopic (exact) mass is 263 g/mol. The third kappa shape index (κ3) is 3.93. The molecule has 0 spiro atoms. The Morgan fingerprint density at radius 1 is 1.29 bits per heavy atom. The van der Waals surface area contributed by atoms with Crippen LogP contribution in [0.25, 0.3) is 0 Å². The maximum Gasteiger partial charge on any atom is 0.225 e. The Labute approximate surface area is 103 Å². The largest absolute Gasteiger partial charge is 0.340 e. The van der Waals surface area contributed by atoms with Gasteiger partial charge in [0.15, 0.2) is 0 Å². The highest BCUT2D eigenvalue weighted by Crippen LogP contribution is 2.11. The summed E-state index contributed by atoms with van der Waals surface area (Å²) < 4.78 is 24.0. The minimum absolute atomic E-state index is 0.0728. The fraction of sp³-hybridized carbons (Fsp3) is 0.900. The summed E-state index contributed by atoms with van der Waals surface area (Å²) >= 11 is 0. The normalized spacial score (nSPS) is 20.3. The van der Waals surface area contributed by atoms with Crippen LogP contribution in [0, 0.1) is 5.92 Å². The molecule has 0 aliphatic carbocycles. The SMILES string of the molecule is CC(CCN)C(=O)N1CCN(S(C)(=O)=O)CC1. The van der Waals surface area contributed by atoms with Crippen LogP contribution in [0.5, 0.6) is 0 Å². The standard InChI is InChI=1S/C10H21N3O3S/c1-9(3-4-11)10(14)12-5-7-13(8-6-12)17(2,15)16/h9H,3-8,11H2,1-2H3. The Hall–Kier alpha value is -0.660. The highest BCUT2D eigenvalue weighted by molar-refractivity contribution is 7.88. The van der Waals surface area contributed by atoms with E-state index < -0.39 is 10.0 Å². The van der Waals surface area contributed by atoms with E-state index in [4.69, 9.17) is 5.73 Å². The zero-order valence-corrected chi connectivity index (χ0v) is 11.2. The molecule has 0 aromatic rings. The summed E-state index contributed by atoms with van der Waals surface area (Å²) in [6.07, 6.45) is 1.87. The first kappa shape index (κ1) is 14.4. The third-order valence-electron chi connectivity index (χ3n) is 3.04. The average molecular weight is 263 g/mol. The minimum Gasteiger partial charge on any atom is -0.340 e. The van der Waals surface area contributed by atoms with E-state index in [1.165, 1.54) is 10.6 Å². The molecule has 1 heterocycles. The predicted molar refractivity (Wildman–Crippen MR) is 65.8 cm³/mol. The lowest BCUT2D eigenvalue weighted by molar-refractivity contribution is -0.136. The first-order chi connectivity index (χ1) is 7.86. The fourth-order valence-corrected chi connectivity index (χ4v) is 2.75. The first-order valence-electron chi connectivity index (χ1n) is 5.80. The zero-order valence-electron chi connectivity index (χ0n) is 10.4. The summed E-state index contributed by atoms with van der Waals surface area (Å²) in [4.78, 5) is 13.7. The molecule has 0 radical (unpaired) electrons. The van der Waals surface area contributed by atoms with Gasteiger partial charge in [0.2, 0.25) is 15.9 Å². The summed E-state index contributed by atoms with van der Waals surface area (Å²) in [6.45, 7) is 4.08. The summed E-state index contributed by atoms with van der Waals surface area (Å²) in [5.41, 5.74) is 5.42. The van der Waals surface area contributed by atoms with Crippen molar-refractivity contribution in [2.45, 2.75) is 13.3 Å². The van der Waals surface area contributed by atoms with Crippen LogP contribution >= 0.6 is 0 Å². The number of piperazine rings is 1. The van der Waals surface area contributed by atoms with Crippen LogP contribution in [0.15, 0.2) is 0 Å². The average Bonchev–Trinajstić information content (AvgIpc) is 2.27. The van der Waals surface area contributed by atoms with Crippen LogP contribution in [0.3, 0.4) is 0 Å². The van der Waals surface area contributed by atoms with Crippen LogP contribution < -0.4 is 5.73 Å². The van der Waals surface area contributed by atoms with Gasteiger partial charge in [-0.3, -0.25) is 4.79 Å². The molecule has 7 heteroatoms. The summed E-state index contributed by atoms with van der Waals surface area (Å²) in [5.74, 6) is -0.00613. The number of nitrogens with two attached hydrogens (primary N) is 1. The fourth-order valence-electron chi connectivity index (χ4n) is 1.93. The molecule has 17 heavy (non-hydrogen) atoms. The van der Waals surface area contributed by atoms with Gasteiger partial charge in [-0.1, -0.05) is 6.92 Å². The van der Waals surface area contributed by atoms with Gasteiger partial charge in [-0.15, -0.1) is 0 Å². The maximum atomic E-state index is 11.9. The van der Waals surface area contributed by atoms with E-state index in [2.05, 4.69) is 0 Å². The second-order valence-electron chi connectivity index (χ2n) is 4.47. The van der Waals surface area contributed by atoms with Crippen molar-refractivity contribution < 1.29 is 13.2 Å². The number of carbonyl (C=O) groups is 1. The van der Waals surface area contributed by atoms with Crippen molar-refractivity contribution in [2.24, 2.45) is 11.7 Å². The van der Waals surface area contributed by atoms with Gasteiger partial charge in [0.25, 0.3) is 0 Å². The van der Waals surface area contributed by atoms with Crippen molar-refractivity contribution >= 4 is 15.9 Å². The first-order valence-corrected chi connectivity index (χ1v) is 7.65. The van der Waals surface area contributed by atoms with Gasteiger partial charge < -0.3 is 10.6 Å². The molecule has 100 valence electrons. The van der Waals surface area contributed by atoms with Gasteiger partial charge in [-0.2, -0.15) is 4.31 Å². The van der Waals surface area contributed by atoms with Crippen LogP contribution in [0.4, 0.5) is 0 Å². The molecule has 1 amide bonds. The van der Waals surface area contributed by atoms with Crippen LogP contribution in [0.2, 0.25) is 0 Å². The molecule has 0 bridgehead atoms. The van der Waals surface area contributed by atoms with E-state index in [1.54, 1.807) is 4.90 Å². The van der Waals surface area contributed by atoms with Crippen LogP contribution in [-0.4, -0.2) is 62.5 Å². The number of rotatable bonds is 4. The Morgan fingerprint density at radius 2 is 1.82 bits per heavy atom. The zero-order chi connectivity index (χ0) is 13.1. The van der Waals surface area contributed by atoms with Gasteiger partial charge >= 0.3 is 0 Å². The van der Waals surface area contributed by atoms with Gasteiger partial charge in [-0.25, -0.2) is 8.42 Å². The second-order valence-corrected chi connectivity index (χ2v) is 6.45. The summed E-state index contributed by atoms with van der Waals surface area (Å²) in [6, 6.07) is 0. The lowest BCUT2D eigenvalue weighted by Gasteiger charge is -2.34. The third-order valence-corrected chi connectivity index (χ3v) is 4.34. The highest BCUT2D eigenvalue weighted by Gasteiger charge is 2.27. The van der Waals surface area contributed by atoms with Gasteiger partial charge in [0.05, 0.1) is 6.26 Å². The topological polar surface area (TPSA) is 83.7 Å². The summed E-state index contributed by atoms with van der Waals surface area (Å²) in [7, 11) is -3.13. The number of hydrogen-bond acceptors (Lipinski definition) is 4. The predicted octanol–water partition coefficient (Wildman–Crippen LogP) is -0.925. The van der Waals surface area contributed by atoms with Gasteiger partial charge in [0.1, 0.15) is 0 Å². The Balaban J connectivity index is 2.49. The Morgan fingerprint density at radius 3 is 2.24 bits per heavy atom. The molecule has 0 aromatic heterocycles. The second kappa shape index (κ2) is 5.79. The molecule has 1 fully saturated rings. The van der Waals surface area contributed by atoms with E-state index in [9.17, 15) is 13.2 Å². The van der Waals surface area contributed by atoms with Crippen LogP contribution in [0.1, 0.15) is 13.3 Å². The molecule has 1 aliphatic rings.